The standard InChI is InChI=1S/C19H17ClN2O2/c20-17-5-2-6-18(21)19(17)24-16-9-7-13(8-10-16)12-22-14-3-1-4-15(23)11-14/h1-11,22-23H,12,21H2. The average Bonchev–Trinajstić information content (AvgIpc) is 2.58. The van der Waals surface area contributed by atoms with Crippen molar-refractivity contribution in [1.29, 1.82) is 0 Å². The number of phenolic OH excluding ortho intramolecular Hbond substituents is 1. The molecule has 0 heterocycles. The van der Waals surface area contributed by atoms with Crippen LogP contribution < -0.4 is 15.8 Å². The molecule has 0 aliphatic heterocycles. The Bertz CT molecular complexity index is 815. The quantitative estimate of drug-likeness (QED) is 0.570. The first-order valence-corrected chi connectivity index (χ1v) is 7.83. The molecular weight excluding hydrogens is 324 g/mol. The van der Waals surface area contributed by atoms with Crippen molar-refractivity contribution >= 4 is 23.0 Å². The molecule has 0 spiro atoms. The zero-order valence-electron chi connectivity index (χ0n) is 12.9. The van der Waals surface area contributed by atoms with E-state index in [2.05, 4.69) is 5.32 Å². The number of nitrogens with two attached hydrogens (primary N) is 1. The molecule has 0 unspecified atom stereocenters. The number of phenols is 1. The molecule has 4 N–H and O–H groups in total. The van der Waals surface area contributed by atoms with Crippen molar-refractivity contribution in [2.75, 3.05) is 11.1 Å². The summed E-state index contributed by atoms with van der Waals surface area (Å²) < 4.78 is 5.76. The van der Waals surface area contributed by atoms with E-state index >= 15 is 0 Å². The Kier molecular flexibility index (Phi) is 4.77. The highest BCUT2D eigenvalue weighted by molar-refractivity contribution is 6.32. The summed E-state index contributed by atoms with van der Waals surface area (Å²) in [4.78, 5) is 0. The van der Waals surface area contributed by atoms with Gasteiger partial charge in [0.2, 0.25) is 0 Å². The lowest BCUT2D eigenvalue weighted by Crippen LogP contribution is -1.99. The maximum Gasteiger partial charge on any atom is 0.168 e. The van der Waals surface area contributed by atoms with Crippen LogP contribution in [-0.4, -0.2) is 5.11 Å². The van der Waals surface area contributed by atoms with E-state index in [1.807, 2.05) is 30.3 Å². The van der Waals surface area contributed by atoms with Crippen molar-refractivity contribution in [3.05, 3.63) is 77.3 Å². The van der Waals surface area contributed by atoms with E-state index < -0.39 is 0 Å². The summed E-state index contributed by atoms with van der Waals surface area (Å²) in [5.41, 5.74) is 8.32. The zero-order valence-corrected chi connectivity index (χ0v) is 13.6. The van der Waals surface area contributed by atoms with Gasteiger partial charge in [0.15, 0.2) is 5.75 Å². The number of ether oxygens (including phenoxy) is 1. The van der Waals surface area contributed by atoms with Crippen molar-refractivity contribution in [2.24, 2.45) is 0 Å². The topological polar surface area (TPSA) is 67.5 Å². The second kappa shape index (κ2) is 7.15. The molecule has 0 radical (unpaired) electrons. The minimum absolute atomic E-state index is 0.237. The number of rotatable bonds is 5. The van der Waals surface area contributed by atoms with E-state index in [1.165, 1.54) is 0 Å². The second-order valence-corrected chi connectivity index (χ2v) is 5.72. The highest BCUT2D eigenvalue weighted by Gasteiger charge is 2.07. The van der Waals surface area contributed by atoms with Gasteiger partial charge in [-0.15, -0.1) is 0 Å². The van der Waals surface area contributed by atoms with Gasteiger partial charge in [-0.3, -0.25) is 0 Å². The number of anilines is 2. The van der Waals surface area contributed by atoms with Gasteiger partial charge < -0.3 is 20.9 Å². The molecule has 0 atom stereocenters. The maximum atomic E-state index is 9.45. The fourth-order valence-electron chi connectivity index (χ4n) is 2.25. The number of halogens is 1. The van der Waals surface area contributed by atoms with Gasteiger partial charge in [-0.2, -0.15) is 0 Å². The van der Waals surface area contributed by atoms with Crippen molar-refractivity contribution in [1.82, 2.24) is 0 Å². The molecule has 5 heteroatoms. The van der Waals surface area contributed by atoms with Gasteiger partial charge in [0.1, 0.15) is 11.5 Å². The van der Waals surface area contributed by atoms with Crippen LogP contribution in [0.5, 0.6) is 17.2 Å². The predicted molar refractivity (Wildman–Crippen MR) is 97.8 cm³/mol. The minimum Gasteiger partial charge on any atom is -0.508 e. The van der Waals surface area contributed by atoms with E-state index in [-0.39, 0.29) is 5.75 Å². The van der Waals surface area contributed by atoms with Crippen LogP contribution in [0.3, 0.4) is 0 Å². The van der Waals surface area contributed by atoms with Crippen LogP contribution in [0.25, 0.3) is 0 Å². The van der Waals surface area contributed by atoms with Crippen LogP contribution in [0.15, 0.2) is 66.7 Å². The number of nitrogens with one attached hydrogen (secondary N) is 1. The first-order valence-electron chi connectivity index (χ1n) is 7.45. The molecule has 3 aromatic carbocycles. The van der Waals surface area contributed by atoms with Crippen LogP contribution >= 0.6 is 11.6 Å². The van der Waals surface area contributed by atoms with Crippen LogP contribution in [-0.2, 0) is 6.54 Å². The molecule has 0 bridgehead atoms. The summed E-state index contributed by atoms with van der Waals surface area (Å²) in [5.74, 6) is 1.36. The lowest BCUT2D eigenvalue weighted by molar-refractivity contribution is 0.475. The van der Waals surface area contributed by atoms with Crippen LogP contribution in [0, 0.1) is 0 Å². The summed E-state index contributed by atoms with van der Waals surface area (Å²) in [7, 11) is 0. The third kappa shape index (κ3) is 3.91. The molecule has 0 fully saturated rings. The third-order valence-electron chi connectivity index (χ3n) is 3.48. The van der Waals surface area contributed by atoms with Gasteiger partial charge in [-0.05, 0) is 42.0 Å². The number of aromatic hydroxyl groups is 1. The number of para-hydroxylation sites is 1. The van der Waals surface area contributed by atoms with Crippen LogP contribution in [0.4, 0.5) is 11.4 Å². The van der Waals surface area contributed by atoms with Gasteiger partial charge >= 0.3 is 0 Å². The van der Waals surface area contributed by atoms with Crippen LogP contribution in [0.2, 0.25) is 5.02 Å². The Morgan fingerprint density at radius 2 is 1.75 bits per heavy atom. The zero-order chi connectivity index (χ0) is 16.9. The number of benzene rings is 3. The van der Waals surface area contributed by atoms with Crippen LogP contribution in [0.1, 0.15) is 5.56 Å². The van der Waals surface area contributed by atoms with Gasteiger partial charge in [-0.1, -0.05) is 35.9 Å². The Balaban J connectivity index is 1.65. The highest BCUT2D eigenvalue weighted by atomic mass is 35.5. The Labute approximate surface area is 145 Å². The number of hydrogen-bond acceptors (Lipinski definition) is 4. The molecule has 0 saturated carbocycles. The van der Waals surface area contributed by atoms with Crippen molar-refractivity contribution < 1.29 is 9.84 Å². The van der Waals surface area contributed by atoms with E-state index in [9.17, 15) is 5.11 Å². The SMILES string of the molecule is Nc1cccc(Cl)c1Oc1ccc(CNc2cccc(O)c2)cc1. The van der Waals surface area contributed by atoms with Gasteiger partial charge in [0, 0.05) is 18.3 Å². The van der Waals surface area contributed by atoms with Gasteiger partial charge in [0.25, 0.3) is 0 Å². The second-order valence-electron chi connectivity index (χ2n) is 5.31. The van der Waals surface area contributed by atoms with Crippen molar-refractivity contribution in [2.45, 2.75) is 6.54 Å². The first kappa shape index (κ1) is 16.0. The van der Waals surface area contributed by atoms with E-state index in [0.29, 0.717) is 28.8 Å². The van der Waals surface area contributed by atoms with Gasteiger partial charge in [-0.25, -0.2) is 0 Å². The molecule has 3 rings (SSSR count). The molecule has 4 nitrogen and oxygen atoms in total. The molecular formula is C19H17ClN2O2. The predicted octanol–water partition coefficient (Wildman–Crippen LogP) is 5.03. The van der Waals surface area contributed by atoms with Crippen molar-refractivity contribution in [3.63, 3.8) is 0 Å². The molecule has 0 aliphatic rings. The number of nitrogen functional groups attached to an aromatic ring is 1. The van der Waals surface area contributed by atoms with E-state index in [1.54, 1.807) is 36.4 Å². The molecule has 0 aliphatic carbocycles. The lowest BCUT2D eigenvalue weighted by atomic mass is 10.2. The fourth-order valence-corrected chi connectivity index (χ4v) is 2.47. The molecule has 0 aromatic heterocycles. The number of hydrogen-bond donors (Lipinski definition) is 3. The summed E-state index contributed by atoms with van der Waals surface area (Å²) in [6.45, 7) is 0.637. The molecule has 24 heavy (non-hydrogen) atoms. The maximum absolute atomic E-state index is 9.45. The summed E-state index contributed by atoms with van der Waals surface area (Å²) >= 11 is 6.11. The van der Waals surface area contributed by atoms with Gasteiger partial charge in [0.05, 0.1) is 10.7 Å². The summed E-state index contributed by atoms with van der Waals surface area (Å²) in [5, 5.41) is 13.2. The van der Waals surface area contributed by atoms with E-state index in [0.717, 1.165) is 11.3 Å². The first-order chi connectivity index (χ1) is 11.6. The Morgan fingerprint density at radius 1 is 1.00 bits per heavy atom. The monoisotopic (exact) mass is 340 g/mol. The fraction of sp³-hybridized carbons (Fsp3) is 0.0526. The summed E-state index contributed by atoms with van der Waals surface area (Å²) in [6, 6.07) is 19.9. The highest BCUT2D eigenvalue weighted by Crippen LogP contribution is 2.34. The molecule has 3 aromatic rings. The van der Waals surface area contributed by atoms with Crippen molar-refractivity contribution in [3.8, 4) is 17.2 Å². The Hall–Kier alpha value is -2.85. The Morgan fingerprint density at radius 3 is 2.46 bits per heavy atom. The smallest absolute Gasteiger partial charge is 0.168 e. The largest absolute Gasteiger partial charge is 0.508 e. The molecule has 0 amide bonds. The minimum atomic E-state index is 0.237. The molecule has 0 saturated heterocycles. The third-order valence-corrected chi connectivity index (χ3v) is 3.78. The lowest BCUT2D eigenvalue weighted by Gasteiger charge is -2.11. The average molecular weight is 341 g/mol. The molecule has 122 valence electrons. The normalized spacial score (nSPS) is 10.4. The van der Waals surface area contributed by atoms with E-state index in [4.69, 9.17) is 22.1 Å². The summed E-state index contributed by atoms with van der Waals surface area (Å²) in [6.07, 6.45) is 0.